The molecule has 1 unspecified atom stereocenters. The molecule has 0 radical (unpaired) electrons. The fraction of sp³-hybridized carbons (Fsp3) is 0.667. The molecule has 3 rings (SSSR count). The van der Waals surface area contributed by atoms with Gasteiger partial charge in [-0.1, -0.05) is 19.3 Å². The summed E-state index contributed by atoms with van der Waals surface area (Å²) in [6, 6.07) is 4.62. The first kappa shape index (κ1) is 20.8. The lowest BCUT2D eigenvalue weighted by Crippen LogP contribution is -2.42. The molecule has 0 aromatic heterocycles. The summed E-state index contributed by atoms with van der Waals surface area (Å²) in [5, 5.41) is 2.99. The predicted octanol–water partition coefficient (Wildman–Crippen LogP) is 4.07. The Morgan fingerprint density at radius 1 is 1.18 bits per heavy atom. The fourth-order valence-electron chi connectivity index (χ4n) is 4.38. The van der Waals surface area contributed by atoms with Gasteiger partial charge in [0.1, 0.15) is 0 Å². The van der Waals surface area contributed by atoms with Crippen molar-refractivity contribution >= 4 is 5.91 Å². The van der Waals surface area contributed by atoms with Crippen molar-refractivity contribution in [2.45, 2.75) is 57.6 Å². The Morgan fingerprint density at radius 2 is 1.96 bits per heavy atom. The third kappa shape index (κ3) is 5.56. The van der Waals surface area contributed by atoms with Gasteiger partial charge in [-0.3, -0.25) is 9.69 Å². The first-order valence-electron chi connectivity index (χ1n) is 10.2. The standard InChI is InChI=1S/C21H30F2N2O3/c1-27-19-12-16(9-10-18(19)28-21(22)23)20(26)24-13-17-8-5-11-25(17)14-15-6-3-2-4-7-15/h9-10,12,15,17,21H,2-8,11,13-14H2,1H3,(H,24,26). The summed E-state index contributed by atoms with van der Waals surface area (Å²) in [5.74, 6) is 0.597. The van der Waals surface area contributed by atoms with E-state index in [1.54, 1.807) is 0 Å². The number of amides is 1. The number of ether oxygens (including phenoxy) is 2. The number of likely N-dealkylation sites (tertiary alicyclic amines) is 1. The smallest absolute Gasteiger partial charge is 0.387 e. The molecule has 1 aromatic rings. The van der Waals surface area contributed by atoms with Crippen LogP contribution in [0, 0.1) is 5.92 Å². The number of halogens is 2. The van der Waals surface area contributed by atoms with Crippen molar-refractivity contribution in [1.29, 1.82) is 0 Å². The summed E-state index contributed by atoms with van der Waals surface area (Å²) in [6.07, 6.45) is 8.95. The van der Waals surface area contributed by atoms with Crippen LogP contribution in [0.5, 0.6) is 11.5 Å². The zero-order valence-electron chi connectivity index (χ0n) is 16.5. The molecule has 2 fully saturated rings. The minimum atomic E-state index is -2.94. The number of nitrogens with zero attached hydrogens (tertiary/aromatic N) is 1. The molecule has 1 aromatic carbocycles. The summed E-state index contributed by atoms with van der Waals surface area (Å²) in [4.78, 5) is 15.0. The Bertz CT molecular complexity index is 651. The molecule has 1 N–H and O–H groups in total. The topological polar surface area (TPSA) is 50.8 Å². The highest BCUT2D eigenvalue weighted by atomic mass is 19.3. The maximum absolute atomic E-state index is 12.5. The first-order chi connectivity index (χ1) is 13.6. The van der Waals surface area contributed by atoms with Gasteiger partial charge in [0.15, 0.2) is 11.5 Å². The lowest BCUT2D eigenvalue weighted by molar-refractivity contribution is -0.0512. The van der Waals surface area contributed by atoms with Crippen LogP contribution in [-0.2, 0) is 0 Å². The highest BCUT2D eigenvalue weighted by Gasteiger charge is 2.28. The van der Waals surface area contributed by atoms with Gasteiger partial charge in [-0.15, -0.1) is 0 Å². The van der Waals surface area contributed by atoms with Gasteiger partial charge in [-0.25, -0.2) is 0 Å². The van der Waals surface area contributed by atoms with Crippen LogP contribution < -0.4 is 14.8 Å². The molecule has 1 saturated carbocycles. The van der Waals surface area contributed by atoms with Gasteiger partial charge in [0.05, 0.1) is 7.11 Å². The van der Waals surface area contributed by atoms with Crippen molar-refractivity contribution < 1.29 is 23.0 Å². The number of hydrogen-bond donors (Lipinski definition) is 1. The number of nitrogens with one attached hydrogen (secondary N) is 1. The van der Waals surface area contributed by atoms with Crippen molar-refractivity contribution in [3.05, 3.63) is 23.8 Å². The van der Waals surface area contributed by atoms with Crippen LogP contribution in [0.25, 0.3) is 0 Å². The van der Waals surface area contributed by atoms with Crippen molar-refractivity contribution in [2.24, 2.45) is 5.92 Å². The van der Waals surface area contributed by atoms with Crippen molar-refractivity contribution in [1.82, 2.24) is 10.2 Å². The van der Waals surface area contributed by atoms with Gasteiger partial charge in [-0.2, -0.15) is 8.78 Å². The van der Waals surface area contributed by atoms with Crippen LogP contribution in [0.3, 0.4) is 0 Å². The number of benzene rings is 1. The SMILES string of the molecule is COc1cc(C(=O)NCC2CCCN2CC2CCCCC2)ccc1OC(F)F. The van der Waals surface area contributed by atoms with Crippen LogP contribution in [0.15, 0.2) is 18.2 Å². The lowest BCUT2D eigenvalue weighted by Gasteiger charge is -2.31. The van der Waals surface area contributed by atoms with E-state index in [4.69, 9.17) is 4.74 Å². The van der Waals surface area contributed by atoms with Crippen molar-refractivity contribution in [3.8, 4) is 11.5 Å². The molecular weight excluding hydrogens is 366 g/mol. The molecule has 7 heteroatoms. The summed E-state index contributed by atoms with van der Waals surface area (Å²) in [7, 11) is 1.36. The molecule has 1 aliphatic carbocycles. The zero-order valence-corrected chi connectivity index (χ0v) is 16.5. The zero-order chi connectivity index (χ0) is 19.9. The molecular formula is C21H30F2N2O3. The average molecular weight is 396 g/mol. The number of rotatable bonds is 8. The molecule has 5 nitrogen and oxygen atoms in total. The minimum absolute atomic E-state index is 0.0801. The van der Waals surface area contributed by atoms with Gasteiger partial charge in [0, 0.05) is 24.7 Å². The van der Waals surface area contributed by atoms with E-state index in [1.807, 2.05) is 0 Å². The Balaban J connectivity index is 1.54. The average Bonchev–Trinajstić information content (AvgIpc) is 3.13. The number of alkyl halides is 2. The summed E-state index contributed by atoms with van der Waals surface area (Å²) >= 11 is 0. The number of hydrogen-bond acceptors (Lipinski definition) is 4. The molecule has 2 aliphatic rings. The van der Waals surface area contributed by atoms with Crippen molar-refractivity contribution in [2.75, 3.05) is 26.7 Å². The monoisotopic (exact) mass is 396 g/mol. The normalized spacial score (nSPS) is 21.1. The molecule has 28 heavy (non-hydrogen) atoms. The lowest BCUT2D eigenvalue weighted by atomic mass is 9.89. The van der Waals surface area contributed by atoms with E-state index in [1.165, 1.54) is 63.8 Å². The van der Waals surface area contributed by atoms with E-state index in [2.05, 4.69) is 15.0 Å². The maximum Gasteiger partial charge on any atom is 0.387 e. The van der Waals surface area contributed by atoms with E-state index in [-0.39, 0.29) is 17.4 Å². The molecule has 0 bridgehead atoms. The van der Waals surface area contributed by atoms with E-state index in [9.17, 15) is 13.6 Å². The van der Waals surface area contributed by atoms with E-state index in [0.29, 0.717) is 18.2 Å². The molecule has 1 heterocycles. The van der Waals surface area contributed by atoms with Crippen LogP contribution in [0.2, 0.25) is 0 Å². The molecule has 1 atom stereocenters. The number of methoxy groups -OCH3 is 1. The fourth-order valence-corrected chi connectivity index (χ4v) is 4.38. The Hall–Kier alpha value is -1.89. The third-order valence-electron chi connectivity index (χ3n) is 5.86. The Kier molecular flexibility index (Phi) is 7.48. The third-order valence-corrected chi connectivity index (χ3v) is 5.86. The van der Waals surface area contributed by atoms with Gasteiger partial charge < -0.3 is 14.8 Å². The second-order valence-corrected chi connectivity index (χ2v) is 7.75. The second-order valence-electron chi connectivity index (χ2n) is 7.75. The van der Waals surface area contributed by atoms with E-state index in [0.717, 1.165) is 25.4 Å². The minimum Gasteiger partial charge on any atom is -0.493 e. The first-order valence-corrected chi connectivity index (χ1v) is 10.2. The largest absolute Gasteiger partial charge is 0.493 e. The molecule has 156 valence electrons. The number of carbonyl (C=O) groups excluding carboxylic acids is 1. The highest BCUT2D eigenvalue weighted by Crippen LogP contribution is 2.30. The van der Waals surface area contributed by atoms with Crippen LogP contribution in [-0.4, -0.2) is 50.2 Å². The van der Waals surface area contributed by atoms with Crippen molar-refractivity contribution in [3.63, 3.8) is 0 Å². The second kappa shape index (κ2) is 10.0. The Morgan fingerprint density at radius 3 is 2.68 bits per heavy atom. The van der Waals surface area contributed by atoms with Gasteiger partial charge in [-0.05, 0) is 56.3 Å². The summed E-state index contributed by atoms with van der Waals surface area (Å²) in [6.45, 7) is -0.104. The van der Waals surface area contributed by atoms with Gasteiger partial charge >= 0.3 is 6.61 Å². The predicted molar refractivity (Wildman–Crippen MR) is 103 cm³/mol. The van der Waals surface area contributed by atoms with E-state index < -0.39 is 6.61 Å². The Labute approximate surface area is 165 Å². The molecule has 1 saturated heterocycles. The van der Waals surface area contributed by atoms with E-state index >= 15 is 0 Å². The number of carbonyl (C=O) groups is 1. The quantitative estimate of drug-likeness (QED) is 0.720. The van der Waals surface area contributed by atoms with Crippen LogP contribution in [0.4, 0.5) is 8.78 Å². The maximum atomic E-state index is 12.5. The molecule has 1 aliphatic heterocycles. The summed E-state index contributed by atoms with van der Waals surface area (Å²) < 4.78 is 34.3. The summed E-state index contributed by atoms with van der Waals surface area (Å²) in [5.41, 5.74) is 0.371. The van der Waals surface area contributed by atoms with Crippen LogP contribution >= 0.6 is 0 Å². The highest BCUT2D eigenvalue weighted by molar-refractivity contribution is 5.94. The molecule has 1 amide bonds. The van der Waals surface area contributed by atoms with Gasteiger partial charge in [0.2, 0.25) is 0 Å². The van der Waals surface area contributed by atoms with Crippen LogP contribution in [0.1, 0.15) is 55.3 Å². The van der Waals surface area contributed by atoms with Gasteiger partial charge in [0.25, 0.3) is 5.91 Å². The molecule has 0 spiro atoms.